The van der Waals surface area contributed by atoms with Gasteiger partial charge in [-0.1, -0.05) is 6.07 Å². The minimum atomic E-state index is 0.0973. The van der Waals surface area contributed by atoms with Gasteiger partial charge in [0.1, 0.15) is 11.5 Å². The van der Waals surface area contributed by atoms with E-state index in [1.54, 1.807) is 14.0 Å². The summed E-state index contributed by atoms with van der Waals surface area (Å²) in [5.41, 5.74) is 2.46. The molecule has 1 aliphatic rings. The number of carbonyl (C=O) groups is 1. The number of rotatable bonds is 2. The highest BCUT2D eigenvalue weighted by Gasteiger charge is 2.26. The average molecular weight is 190 g/mol. The summed E-state index contributed by atoms with van der Waals surface area (Å²) in [6.07, 6.45) is 1.97. The van der Waals surface area contributed by atoms with Crippen molar-refractivity contribution in [3.8, 4) is 5.75 Å². The van der Waals surface area contributed by atoms with Crippen molar-refractivity contribution in [2.75, 3.05) is 7.11 Å². The van der Waals surface area contributed by atoms with Crippen LogP contribution in [0.3, 0.4) is 0 Å². The van der Waals surface area contributed by atoms with E-state index in [1.165, 1.54) is 5.56 Å². The zero-order valence-electron chi connectivity index (χ0n) is 8.54. The molecule has 0 bridgehead atoms. The van der Waals surface area contributed by atoms with Crippen LogP contribution in [0.5, 0.6) is 5.75 Å². The van der Waals surface area contributed by atoms with E-state index >= 15 is 0 Å². The molecule has 14 heavy (non-hydrogen) atoms. The van der Waals surface area contributed by atoms with Crippen molar-refractivity contribution >= 4 is 5.78 Å². The molecule has 0 saturated heterocycles. The third kappa shape index (κ3) is 1.41. The molecule has 2 nitrogen and oxygen atoms in total. The Bertz CT molecular complexity index is 369. The van der Waals surface area contributed by atoms with Gasteiger partial charge in [-0.3, -0.25) is 4.79 Å². The molecule has 1 atom stereocenters. The van der Waals surface area contributed by atoms with Crippen molar-refractivity contribution in [3.05, 3.63) is 29.3 Å². The van der Waals surface area contributed by atoms with E-state index in [0.717, 1.165) is 24.2 Å². The van der Waals surface area contributed by atoms with Crippen molar-refractivity contribution in [2.45, 2.75) is 25.7 Å². The zero-order valence-corrected chi connectivity index (χ0v) is 8.54. The highest BCUT2D eigenvalue weighted by molar-refractivity contribution is 5.84. The van der Waals surface area contributed by atoms with Gasteiger partial charge in [-0.25, -0.2) is 0 Å². The van der Waals surface area contributed by atoms with E-state index in [2.05, 4.69) is 6.07 Å². The van der Waals surface area contributed by atoms with E-state index in [-0.39, 0.29) is 11.7 Å². The molecule has 0 saturated carbocycles. The lowest BCUT2D eigenvalue weighted by atomic mass is 9.97. The van der Waals surface area contributed by atoms with Crippen molar-refractivity contribution in [2.24, 2.45) is 0 Å². The molecule has 0 spiro atoms. The topological polar surface area (TPSA) is 26.3 Å². The number of fused-ring (bicyclic) bond motifs is 1. The SMILES string of the molecule is COc1ccc2c(c1)C(C(C)=O)CC2. The van der Waals surface area contributed by atoms with Gasteiger partial charge in [-0.2, -0.15) is 0 Å². The van der Waals surface area contributed by atoms with E-state index in [9.17, 15) is 4.79 Å². The first-order valence-electron chi connectivity index (χ1n) is 4.89. The third-order valence-electron chi connectivity index (χ3n) is 2.92. The highest BCUT2D eigenvalue weighted by atomic mass is 16.5. The standard InChI is InChI=1S/C12H14O2/c1-8(13)11-6-4-9-3-5-10(14-2)7-12(9)11/h3,5,7,11H,4,6H2,1-2H3. The molecular formula is C12H14O2. The molecular weight excluding hydrogens is 176 g/mol. The van der Waals surface area contributed by atoms with Gasteiger partial charge >= 0.3 is 0 Å². The van der Waals surface area contributed by atoms with Crippen LogP contribution < -0.4 is 4.74 Å². The Hall–Kier alpha value is -1.31. The van der Waals surface area contributed by atoms with Crippen molar-refractivity contribution in [1.82, 2.24) is 0 Å². The molecule has 2 rings (SSSR count). The molecule has 0 aromatic heterocycles. The number of hydrogen-bond donors (Lipinski definition) is 0. The quantitative estimate of drug-likeness (QED) is 0.715. The van der Waals surface area contributed by atoms with Gasteiger partial charge in [0, 0.05) is 5.92 Å². The molecule has 1 aromatic carbocycles. The summed E-state index contributed by atoms with van der Waals surface area (Å²) in [6, 6.07) is 6.02. The van der Waals surface area contributed by atoms with Crippen molar-refractivity contribution < 1.29 is 9.53 Å². The summed E-state index contributed by atoms with van der Waals surface area (Å²) in [5.74, 6) is 1.20. The summed E-state index contributed by atoms with van der Waals surface area (Å²) in [5, 5.41) is 0. The fourth-order valence-corrected chi connectivity index (χ4v) is 2.13. The van der Waals surface area contributed by atoms with Crippen LogP contribution in [0.2, 0.25) is 0 Å². The van der Waals surface area contributed by atoms with Gasteiger partial charge in [0.2, 0.25) is 0 Å². The van der Waals surface area contributed by atoms with Gasteiger partial charge < -0.3 is 4.74 Å². The molecule has 0 fully saturated rings. The van der Waals surface area contributed by atoms with E-state index in [1.807, 2.05) is 12.1 Å². The maximum absolute atomic E-state index is 11.4. The second kappa shape index (κ2) is 3.45. The largest absolute Gasteiger partial charge is 0.497 e. The van der Waals surface area contributed by atoms with Gasteiger partial charge in [0.05, 0.1) is 7.11 Å². The number of hydrogen-bond acceptors (Lipinski definition) is 2. The molecule has 0 radical (unpaired) electrons. The van der Waals surface area contributed by atoms with E-state index < -0.39 is 0 Å². The molecule has 2 heteroatoms. The van der Waals surface area contributed by atoms with Crippen LogP contribution in [0.4, 0.5) is 0 Å². The molecule has 1 unspecified atom stereocenters. The smallest absolute Gasteiger partial charge is 0.137 e. The Morgan fingerprint density at radius 2 is 2.29 bits per heavy atom. The average Bonchev–Trinajstić information content (AvgIpc) is 2.59. The normalized spacial score (nSPS) is 19.1. The van der Waals surface area contributed by atoms with Crippen LogP contribution in [0.1, 0.15) is 30.4 Å². The maximum atomic E-state index is 11.4. The third-order valence-corrected chi connectivity index (χ3v) is 2.92. The molecule has 0 amide bonds. The van der Waals surface area contributed by atoms with Gasteiger partial charge in [-0.05, 0) is 43.0 Å². The zero-order chi connectivity index (χ0) is 10.1. The lowest BCUT2D eigenvalue weighted by Crippen LogP contribution is -2.04. The second-order valence-corrected chi connectivity index (χ2v) is 3.77. The van der Waals surface area contributed by atoms with Crippen molar-refractivity contribution in [1.29, 1.82) is 0 Å². The summed E-state index contributed by atoms with van der Waals surface area (Å²) >= 11 is 0. The second-order valence-electron chi connectivity index (χ2n) is 3.77. The molecule has 1 aliphatic carbocycles. The first kappa shape index (κ1) is 9.25. The predicted octanol–water partition coefficient (Wildman–Crippen LogP) is 2.31. The maximum Gasteiger partial charge on any atom is 0.137 e. The summed E-state index contributed by atoms with van der Waals surface area (Å²) in [6.45, 7) is 1.67. The van der Waals surface area contributed by atoms with Gasteiger partial charge in [0.15, 0.2) is 0 Å². The number of carbonyl (C=O) groups excluding carboxylic acids is 1. The van der Waals surface area contributed by atoms with Crippen LogP contribution in [0.15, 0.2) is 18.2 Å². The molecule has 0 heterocycles. The number of aryl methyl sites for hydroxylation is 1. The number of methoxy groups -OCH3 is 1. The Kier molecular flexibility index (Phi) is 2.28. The molecule has 0 N–H and O–H groups in total. The number of ether oxygens (including phenoxy) is 1. The first-order chi connectivity index (χ1) is 6.72. The Morgan fingerprint density at radius 1 is 1.50 bits per heavy atom. The van der Waals surface area contributed by atoms with Crippen LogP contribution in [0.25, 0.3) is 0 Å². The summed E-state index contributed by atoms with van der Waals surface area (Å²) < 4.78 is 5.16. The minimum Gasteiger partial charge on any atom is -0.497 e. The fraction of sp³-hybridized carbons (Fsp3) is 0.417. The monoisotopic (exact) mass is 190 g/mol. The number of benzene rings is 1. The first-order valence-corrected chi connectivity index (χ1v) is 4.89. The molecule has 74 valence electrons. The van der Waals surface area contributed by atoms with Crippen molar-refractivity contribution in [3.63, 3.8) is 0 Å². The van der Waals surface area contributed by atoms with E-state index in [4.69, 9.17) is 4.74 Å². The lowest BCUT2D eigenvalue weighted by molar-refractivity contribution is -0.118. The van der Waals surface area contributed by atoms with Gasteiger partial charge in [0.25, 0.3) is 0 Å². The van der Waals surface area contributed by atoms with Crippen LogP contribution >= 0.6 is 0 Å². The Balaban J connectivity index is 2.41. The summed E-state index contributed by atoms with van der Waals surface area (Å²) in [4.78, 5) is 11.4. The highest BCUT2D eigenvalue weighted by Crippen LogP contribution is 2.35. The Morgan fingerprint density at radius 3 is 2.93 bits per heavy atom. The fourth-order valence-electron chi connectivity index (χ4n) is 2.13. The van der Waals surface area contributed by atoms with Gasteiger partial charge in [-0.15, -0.1) is 0 Å². The summed E-state index contributed by atoms with van der Waals surface area (Å²) in [7, 11) is 1.65. The number of Topliss-reactive ketones (excluding diaryl/α,β-unsaturated/α-hetero) is 1. The van der Waals surface area contributed by atoms with Crippen LogP contribution in [-0.4, -0.2) is 12.9 Å². The molecule has 0 aliphatic heterocycles. The minimum absolute atomic E-state index is 0.0973. The van der Waals surface area contributed by atoms with Crippen LogP contribution in [-0.2, 0) is 11.2 Å². The lowest BCUT2D eigenvalue weighted by Gasteiger charge is -2.08. The van der Waals surface area contributed by atoms with E-state index in [0.29, 0.717) is 0 Å². The molecule has 1 aromatic rings. The predicted molar refractivity (Wildman–Crippen MR) is 54.7 cm³/mol. The number of ketones is 1. The van der Waals surface area contributed by atoms with Crippen LogP contribution in [0, 0.1) is 0 Å². The Labute approximate surface area is 83.9 Å².